The average molecular weight is 257 g/mol. The lowest BCUT2D eigenvalue weighted by Crippen LogP contribution is -2.37. The van der Waals surface area contributed by atoms with E-state index in [-0.39, 0.29) is 11.9 Å². The van der Waals surface area contributed by atoms with E-state index < -0.39 is 0 Å². The van der Waals surface area contributed by atoms with Gasteiger partial charge in [0.1, 0.15) is 0 Å². The smallest absolute Gasteiger partial charge is 0.253 e. The highest BCUT2D eigenvalue weighted by atomic mass is 16.1. The molecular formula is C15H19N3O. The van der Waals surface area contributed by atoms with Gasteiger partial charge >= 0.3 is 0 Å². The Bertz CT molecular complexity index is 533. The quantitative estimate of drug-likeness (QED) is 0.767. The Morgan fingerprint density at radius 2 is 2.00 bits per heavy atom. The topological polar surface area (TPSA) is 56.9 Å². The maximum Gasteiger partial charge on any atom is 0.253 e. The molecule has 1 aromatic carbocycles. The summed E-state index contributed by atoms with van der Waals surface area (Å²) in [6, 6.07) is 10.1. The van der Waals surface area contributed by atoms with Crippen molar-refractivity contribution >= 4 is 5.91 Å². The highest BCUT2D eigenvalue weighted by Gasteiger charge is 2.13. The number of hydrogen-bond donors (Lipinski definition) is 3. The van der Waals surface area contributed by atoms with E-state index in [1.165, 1.54) is 0 Å². The number of aromatic nitrogens is 1. The number of H-pyrrole nitrogens is 1. The van der Waals surface area contributed by atoms with Gasteiger partial charge in [0, 0.05) is 30.5 Å². The predicted octanol–water partition coefficient (Wildman–Crippen LogP) is 2.02. The van der Waals surface area contributed by atoms with Crippen LogP contribution < -0.4 is 10.6 Å². The zero-order chi connectivity index (χ0) is 13.7. The standard InChI is InChI=1S/C15H19N3O/c1-11(16-2)8-18-15(19)14-10-17-9-13(14)12-6-4-3-5-7-12/h3-7,9-11,16-17H,8H2,1-2H3,(H,18,19). The second-order valence-electron chi connectivity index (χ2n) is 4.55. The van der Waals surface area contributed by atoms with Crippen LogP contribution >= 0.6 is 0 Å². The fraction of sp³-hybridized carbons (Fsp3) is 0.267. The van der Waals surface area contributed by atoms with Gasteiger partial charge in [-0.2, -0.15) is 0 Å². The molecule has 1 unspecified atom stereocenters. The minimum absolute atomic E-state index is 0.0535. The first-order chi connectivity index (χ1) is 9.22. The van der Waals surface area contributed by atoms with Gasteiger partial charge in [0.2, 0.25) is 0 Å². The Labute approximate surface area is 113 Å². The first-order valence-corrected chi connectivity index (χ1v) is 6.40. The molecule has 19 heavy (non-hydrogen) atoms. The van der Waals surface area contributed by atoms with Gasteiger partial charge in [-0.25, -0.2) is 0 Å². The van der Waals surface area contributed by atoms with Gasteiger partial charge < -0.3 is 15.6 Å². The molecule has 1 aromatic heterocycles. The monoisotopic (exact) mass is 257 g/mol. The number of carbonyl (C=O) groups excluding carboxylic acids is 1. The number of carbonyl (C=O) groups is 1. The summed E-state index contributed by atoms with van der Waals surface area (Å²) >= 11 is 0. The van der Waals surface area contributed by atoms with Crippen molar-refractivity contribution in [1.29, 1.82) is 0 Å². The van der Waals surface area contributed by atoms with E-state index in [9.17, 15) is 4.79 Å². The Morgan fingerprint density at radius 3 is 2.68 bits per heavy atom. The molecule has 2 aromatic rings. The highest BCUT2D eigenvalue weighted by Crippen LogP contribution is 2.22. The molecule has 1 atom stereocenters. The van der Waals surface area contributed by atoms with Crippen LogP contribution in [0.1, 0.15) is 17.3 Å². The van der Waals surface area contributed by atoms with Crippen molar-refractivity contribution < 1.29 is 4.79 Å². The second kappa shape index (κ2) is 6.20. The lowest BCUT2D eigenvalue weighted by atomic mass is 10.0. The van der Waals surface area contributed by atoms with Gasteiger partial charge in [0.05, 0.1) is 5.56 Å². The number of likely N-dealkylation sites (N-methyl/N-ethyl adjacent to an activating group) is 1. The summed E-state index contributed by atoms with van der Waals surface area (Å²) in [5.74, 6) is -0.0535. The lowest BCUT2D eigenvalue weighted by Gasteiger charge is -2.11. The fourth-order valence-corrected chi connectivity index (χ4v) is 1.85. The van der Waals surface area contributed by atoms with Gasteiger partial charge in [-0.05, 0) is 19.5 Å². The Hall–Kier alpha value is -2.07. The number of nitrogens with one attached hydrogen (secondary N) is 3. The first kappa shape index (κ1) is 13.4. The van der Waals surface area contributed by atoms with Gasteiger partial charge in [-0.15, -0.1) is 0 Å². The lowest BCUT2D eigenvalue weighted by molar-refractivity contribution is 0.0951. The van der Waals surface area contributed by atoms with Gasteiger partial charge in [0.25, 0.3) is 5.91 Å². The first-order valence-electron chi connectivity index (χ1n) is 6.40. The van der Waals surface area contributed by atoms with Crippen LogP contribution in [0.3, 0.4) is 0 Å². The van der Waals surface area contributed by atoms with Crippen LogP contribution in [-0.2, 0) is 0 Å². The Balaban J connectivity index is 2.14. The summed E-state index contributed by atoms with van der Waals surface area (Å²) in [5, 5.41) is 6.01. The predicted molar refractivity (Wildman–Crippen MR) is 77.1 cm³/mol. The number of amides is 1. The van der Waals surface area contributed by atoms with Crippen molar-refractivity contribution in [1.82, 2.24) is 15.6 Å². The summed E-state index contributed by atoms with van der Waals surface area (Å²) in [4.78, 5) is 15.2. The molecule has 0 bridgehead atoms. The van der Waals surface area contributed by atoms with E-state index >= 15 is 0 Å². The summed E-state index contributed by atoms with van der Waals surface area (Å²) in [5.41, 5.74) is 2.64. The third-order valence-electron chi connectivity index (χ3n) is 3.14. The van der Waals surface area contributed by atoms with Crippen molar-refractivity contribution in [3.05, 3.63) is 48.3 Å². The number of benzene rings is 1. The molecule has 0 radical (unpaired) electrons. The van der Waals surface area contributed by atoms with Crippen LogP contribution in [0.25, 0.3) is 11.1 Å². The molecule has 4 nitrogen and oxygen atoms in total. The molecule has 0 saturated carbocycles. The van der Waals surface area contributed by atoms with Crippen molar-refractivity contribution in [2.24, 2.45) is 0 Å². The molecule has 4 heteroatoms. The van der Waals surface area contributed by atoms with Crippen LogP contribution in [0.2, 0.25) is 0 Å². The minimum atomic E-state index is -0.0535. The van der Waals surface area contributed by atoms with Crippen molar-refractivity contribution in [2.45, 2.75) is 13.0 Å². The van der Waals surface area contributed by atoms with Crippen molar-refractivity contribution in [3.63, 3.8) is 0 Å². The second-order valence-corrected chi connectivity index (χ2v) is 4.55. The van der Waals surface area contributed by atoms with Gasteiger partial charge in [0.15, 0.2) is 0 Å². The minimum Gasteiger partial charge on any atom is -0.366 e. The molecule has 0 spiro atoms. The SMILES string of the molecule is CNC(C)CNC(=O)c1c[nH]cc1-c1ccccc1. The maximum absolute atomic E-state index is 12.2. The molecule has 0 aliphatic carbocycles. The van der Waals surface area contributed by atoms with Gasteiger partial charge in [-0.3, -0.25) is 4.79 Å². The number of hydrogen-bond acceptors (Lipinski definition) is 2. The third-order valence-corrected chi connectivity index (χ3v) is 3.14. The van der Waals surface area contributed by atoms with E-state index in [4.69, 9.17) is 0 Å². The third kappa shape index (κ3) is 3.23. The maximum atomic E-state index is 12.2. The average Bonchev–Trinajstić information content (AvgIpc) is 2.94. The van der Waals surface area contributed by atoms with E-state index in [0.717, 1.165) is 11.1 Å². The zero-order valence-electron chi connectivity index (χ0n) is 11.2. The number of rotatable bonds is 5. The van der Waals surface area contributed by atoms with Crippen molar-refractivity contribution in [2.75, 3.05) is 13.6 Å². The normalized spacial score (nSPS) is 12.1. The highest BCUT2D eigenvalue weighted by molar-refractivity contribution is 6.00. The van der Waals surface area contributed by atoms with Gasteiger partial charge in [-0.1, -0.05) is 30.3 Å². The molecule has 1 amide bonds. The molecule has 0 aliphatic rings. The molecule has 1 heterocycles. The molecule has 0 aliphatic heterocycles. The summed E-state index contributed by atoms with van der Waals surface area (Å²) in [6.07, 6.45) is 3.59. The van der Waals surface area contributed by atoms with E-state index in [2.05, 4.69) is 15.6 Å². The summed E-state index contributed by atoms with van der Waals surface area (Å²) < 4.78 is 0. The van der Waals surface area contributed by atoms with Crippen LogP contribution in [0.15, 0.2) is 42.7 Å². The Kier molecular flexibility index (Phi) is 4.36. The summed E-state index contributed by atoms with van der Waals surface area (Å²) in [6.45, 7) is 2.63. The van der Waals surface area contributed by atoms with E-state index in [1.54, 1.807) is 6.20 Å². The fourth-order valence-electron chi connectivity index (χ4n) is 1.85. The molecular weight excluding hydrogens is 238 g/mol. The molecule has 0 fully saturated rings. The molecule has 100 valence electrons. The number of aromatic amines is 1. The summed E-state index contributed by atoms with van der Waals surface area (Å²) in [7, 11) is 1.88. The zero-order valence-corrected chi connectivity index (χ0v) is 11.2. The van der Waals surface area contributed by atoms with Crippen LogP contribution in [-0.4, -0.2) is 30.5 Å². The molecule has 0 saturated heterocycles. The van der Waals surface area contributed by atoms with Crippen LogP contribution in [0.5, 0.6) is 0 Å². The molecule has 3 N–H and O–H groups in total. The Morgan fingerprint density at radius 1 is 1.26 bits per heavy atom. The van der Waals surface area contributed by atoms with Crippen LogP contribution in [0.4, 0.5) is 0 Å². The van der Waals surface area contributed by atoms with E-state index in [0.29, 0.717) is 12.1 Å². The largest absolute Gasteiger partial charge is 0.366 e. The van der Waals surface area contributed by atoms with Crippen LogP contribution in [0, 0.1) is 0 Å². The van der Waals surface area contributed by atoms with Crippen molar-refractivity contribution in [3.8, 4) is 11.1 Å². The molecule has 2 rings (SSSR count). The van der Waals surface area contributed by atoms with E-state index in [1.807, 2.05) is 50.5 Å².